The smallest absolute Gasteiger partial charge is 0.278 e. The first-order valence-corrected chi connectivity index (χ1v) is 11.3. The maximum absolute atomic E-state index is 12.8. The number of carbonyl (C=O) groups excluding carboxylic acids is 2. The predicted molar refractivity (Wildman–Crippen MR) is 132 cm³/mol. The number of rotatable bonds is 6. The van der Waals surface area contributed by atoms with E-state index in [1.807, 2.05) is 52.0 Å². The Bertz CT molecular complexity index is 1290. The second-order valence-electron chi connectivity index (χ2n) is 8.06. The van der Waals surface area contributed by atoms with E-state index in [-0.39, 0.29) is 22.7 Å². The molecule has 0 bridgehead atoms. The first-order chi connectivity index (χ1) is 15.5. The number of carbonyl (C=O) groups is 2. The molecule has 2 amide bonds. The molecule has 2 aromatic carbocycles. The minimum absolute atomic E-state index is 0.0993. The van der Waals surface area contributed by atoms with Crippen molar-refractivity contribution < 1.29 is 9.59 Å². The van der Waals surface area contributed by atoms with Crippen LogP contribution in [0.3, 0.4) is 0 Å². The molecule has 0 unspecified atom stereocenters. The zero-order chi connectivity index (χ0) is 24.3. The number of hydrogen-bond acceptors (Lipinski definition) is 6. The number of nitrogens with zero attached hydrogens (tertiary/aromatic N) is 2. The van der Waals surface area contributed by atoms with Gasteiger partial charge >= 0.3 is 0 Å². The lowest BCUT2D eigenvalue weighted by Crippen LogP contribution is -2.24. The Labute approximate surface area is 196 Å². The fraction of sp³-hybridized carbons (Fsp3) is 0.292. The summed E-state index contributed by atoms with van der Waals surface area (Å²) in [7, 11) is 0. The third-order valence-electron chi connectivity index (χ3n) is 5.01. The third kappa shape index (κ3) is 5.87. The van der Waals surface area contributed by atoms with Crippen LogP contribution in [-0.4, -0.2) is 32.2 Å². The van der Waals surface area contributed by atoms with E-state index < -0.39 is 10.8 Å². The van der Waals surface area contributed by atoms with Gasteiger partial charge in [0.15, 0.2) is 10.9 Å². The molecule has 3 N–H and O–H groups in total. The summed E-state index contributed by atoms with van der Waals surface area (Å²) in [5, 5.41) is 13.6. The summed E-state index contributed by atoms with van der Waals surface area (Å²) in [6.07, 6.45) is 0. The Morgan fingerprint density at radius 1 is 0.970 bits per heavy atom. The van der Waals surface area contributed by atoms with Crippen molar-refractivity contribution in [1.29, 1.82) is 0 Å². The van der Waals surface area contributed by atoms with E-state index in [2.05, 4.69) is 25.8 Å². The van der Waals surface area contributed by atoms with Gasteiger partial charge in [-0.3, -0.25) is 19.4 Å². The molecule has 0 radical (unpaired) electrons. The molecule has 0 spiro atoms. The van der Waals surface area contributed by atoms with Crippen LogP contribution in [0.4, 0.5) is 11.4 Å². The van der Waals surface area contributed by atoms with Crippen molar-refractivity contribution in [2.75, 3.05) is 10.6 Å². The Hall–Kier alpha value is -3.46. The van der Waals surface area contributed by atoms with E-state index >= 15 is 0 Å². The number of anilines is 2. The summed E-state index contributed by atoms with van der Waals surface area (Å²) >= 11 is 1.11. The van der Waals surface area contributed by atoms with Gasteiger partial charge in [-0.1, -0.05) is 41.1 Å². The largest absolute Gasteiger partial charge is 0.325 e. The van der Waals surface area contributed by atoms with Crippen LogP contribution in [0.2, 0.25) is 0 Å². The van der Waals surface area contributed by atoms with Crippen molar-refractivity contribution in [3.63, 3.8) is 0 Å². The molecule has 0 aliphatic rings. The monoisotopic (exact) mass is 465 g/mol. The molecule has 3 aromatic rings. The molecule has 0 saturated carbocycles. The minimum atomic E-state index is -0.516. The topological polar surface area (TPSA) is 117 Å². The maximum Gasteiger partial charge on any atom is 0.278 e. The van der Waals surface area contributed by atoms with E-state index in [4.69, 9.17) is 0 Å². The summed E-state index contributed by atoms with van der Waals surface area (Å²) in [6.45, 7) is 10.8. The van der Waals surface area contributed by atoms with Crippen LogP contribution in [0.15, 0.2) is 40.3 Å². The predicted octanol–water partition coefficient (Wildman–Crippen LogP) is 4.14. The van der Waals surface area contributed by atoms with E-state index in [0.29, 0.717) is 11.3 Å². The lowest BCUT2D eigenvalue weighted by molar-refractivity contribution is -0.115. The lowest BCUT2D eigenvalue weighted by atomic mass is 10.0. The van der Waals surface area contributed by atoms with Crippen molar-refractivity contribution in [3.8, 4) is 11.3 Å². The maximum atomic E-state index is 12.8. The Balaban J connectivity index is 1.82. The average molecular weight is 466 g/mol. The number of benzene rings is 2. The zero-order valence-corrected chi connectivity index (χ0v) is 20.3. The molecule has 33 heavy (non-hydrogen) atoms. The molecule has 1 atom stereocenters. The van der Waals surface area contributed by atoms with Crippen molar-refractivity contribution in [2.24, 2.45) is 0 Å². The number of hydrogen-bond donors (Lipinski definition) is 3. The zero-order valence-electron chi connectivity index (χ0n) is 19.5. The molecule has 0 saturated heterocycles. The van der Waals surface area contributed by atoms with Crippen molar-refractivity contribution >= 4 is 35.0 Å². The van der Waals surface area contributed by atoms with Crippen LogP contribution < -0.4 is 16.2 Å². The molecular formula is C24H27N5O3S. The molecule has 1 aromatic heterocycles. The summed E-state index contributed by atoms with van der Waals surface area (Å²) in [6, 6.07) is 9.50. The Kier molecular flexibility index (Phi) is 7.33. The van der Waals surface area contributed by atoms with Crippen LogP contribution in [0.1, 0.15) is 36.1 Å². The van der Waals surface area contributed by atoms with Gasteiger partial charge in [-0.05, 0) is 57.9 Å². The van der Waals surface area contributed by atoms with Crippen LogP contribution >= 0.6 is 11.8 Å². The number of aryl methyl sites for hydroxylation is 4. The highest BCUT2D eigenvalue weighted by molar-refractivity contribution is 8.00. The Morgan fingerprint density at radius 3 is 2.30 bits per heavy atom. The summed E-state index contributed by atoms with van der Waals surface area (Å²) in [5.41, 5.74) is 5.24. The van der Waals surface area contributed by atoms with E-state index in [1.165, 1.54) is 6.92 Å². The first-order valence-electron chi connectivity index (χ1n) is 10.5. The molecule has 0 aliphatic heterocycles. The van der Waals surface area contributed by atoms with E-state index in [9.17, 15) is 14.4 Å². The van der Waals surface area contributed by atoms with Gasteiger partial charge in [0, 0.05) is 18.2 Å². The van der Waals surface area contributed by atoms with Gasteiger partial charge in [-0.15, -0.1) is 10.2 Å². The summed E-state index contributed by atoms with van der Waals surface area (Å²) in [5.74, 6) is -0.454. The number of amides is 2. The normalized spacial score (nSPS) is 11.7. The Morgan fingerprint density at radius 2 is 1.67 bits per heavy atom. The minimum Gasteiger partial charge on any atom is -0.325 e. The number of H-pyrrole nitrogens is 1. The second-order valence-corrected chi connectivity index (χ2v) is 9.39. The third-order valence-corrected chi connectivity index (χ3v) is 5.98. The van der Waals surface area contributed by atoms with Crippen LogP contribution in [-0.2, 0) is 9.59 Å². The summed E-state index contributed by atoms with van der Waals surface area (Å²) < 4.78 is 0. The SMILES string of the molecule is CC(=O)Nc1c(C)cc(C)cc1-c1nnc(S[C@H](C)C(=O)Nc2ccc(C)cc2C)[nH]c1=O. The average Bonchev–Trinajstić information content (AvgIpc) is 2.72. The molecule has 3 rings (SSSR count). The second kappa shape index (κ2) is 9.99. The van der Waals surface area contributed by atoms with Gasteiger partial charge in [0.05, 0.1) is 10.9 Å². The molecule has 0 fully saturated rings. The lowest BCUT2D eigenvalue weighted by Gasteiger charge is -2.14. The summed E-state index contributed by atoms with van der Waals surface area (Å²) in [4.78, 5) is 39.8. The molecule has 9 heteroatoms. The molecule has 8 nitrogen and oxygen atoms in total. The van der Waals surface area contributed by atoms with Gasteiger partial charge in [0.2, 0.25) is 11.8 Å². The number of aromatic nitrogens is 3. The van der Waals surface area contributed by atoms with Gasteiger partial charge in [0.25, 0.3) is 5.56 Å². The van der Waals surface area contributed by atoms with Crippen molar-refractivity contribution in [2.45, 2.75) is 51.9 Å². The highest BCUT2D eigenvalue weighted by atomic mass is 32.2. The van der Waals surface area contributed by atoms with Gasteiger partial charge in [-0.2, -0.15) is 0 Å². The molecule has 1 heterocycles. The van der Waals surface area contributed by atoms with Crippen LogP contribution in [0, 0.1) is 27.7 Å². The quantitative estimate of drug-likeness (QED) is 0.471. The van der Waals surface area contributed by atoms with Crippen molar-refractivity contribution in [3.05, 3.63) is 62.9 Å². The number of aromatic amines is 1. The highest BCUT2D eigenvalue weighted by Gasteiger charge is 2.20. The number of nitrogens with one attached hydrogen (secondary N) is 3. The standard InChI is InChI=1S/C24H27N5O3S/c1-12-7-8-19(14(3)9-12)26-22(31)16(5)33-24-27-23(32)21(28-29-24)18-11-13(2)10-15(4)20(18)25-17(6)30/h7-11,16H,1-6H3,(H,25,30)(H,26,31)(H,27,29,32)/t16-/m1/s1. The number of thioether (sulfide) groups is 1. The fourth-order valence-corrected chi connectivity index (χ4v) is 4.20. The highest BCUT2D eigenvalue weighted by Crippen LogP contribution is 2.30. The van der Waals surface area contributed by atoms with Gasteiger partial charge in [0.1, 0.15) is 0 Å². The van der Waals surface area contributed by atoms with Crippen LogP contribution in [0.25, 0.3) is 11.3 Å². The van der Waals surface area contributed by atoms with E-state index in [0.717, 1.165) is 39.7 Å². The van der Waals surface area contributed by atoms with E-state index in [1.54, 1.807) is 13.0 Å². The van der Waals surface area contributed by atoms with Crippen LogP contribution in [0.5, 0.6) is 0 Å². The van der Waals surface area contributed by atoms with Crippen molar-refractivity contribution in [1.82, 2.24) is 15.2 Å². The molecule has 172 valence electrons. The first kappa shape index (κ1) is 24.2. The van der Waals surface area contributed by atoms with Gasteiger partial charge < -0.3 is 10.6 Å². The molecule has 0 aliphatic carbocycles. The fourth-order valence-electron chi connectivity index (χ4n) is 3.46. The van der Waals surface area contributed by atoms with Gasteiger partial charge in [-0.25, -0.2) is 0 Å². The molecular weight excluding hydrogens is 438 g/mol.